The fourth-order valence-corrected chi connectivity index (χ4v) is 3.35. The van der Waals surface area contributed by atoms with E-state index < -0.39 is 5.91 Å². The monoisotopic (exact) mass is 378 g/mol. The van der Waals surface area contributed by atoms with Crippen molar-refractivity contribution in [2.45, 2.75) is 6.92 Å². The predicted molar refractivity (Wildman–Crippen MR) is 102 cm³/mol. The predicted octanol–water partition coefficient (Wildman–Crippen LogP) is 2.34. The lowest BCUT2D eigenvalue weighted by atomic mass is 10.2. The summed E-state index contributed by atoms with van der Waals surface area (Å²) in [4.78, 5) is 25.3. The van der Waals surface area contributed by atoms with Gasteiger partial charge in [-0.25, -0.2) is 0 Å². The minimum absolute atomic E-state index is 0.147. The topological polar surface area (TPSA) is 81.9 Å². The summed E-state index contributed by atoms with van der Waals surface area (Å²) in [6, 6.07) is 5.12. The normalized spacial score (nSPS) is 15.6. The van der Waals surface area contributed by atoms with Crippen LogP contribution in [0.5, 0.6) is 11.5 Å². The summed E-state index contributed by atoms with van der Waals surface area (Å²) in [6.07, 6.45) is 1.73. The molecule has 0 unspecified atom stereocenters. The van der Waals surface area contributed by atoms with Gasteiger partial charge in [-0.15, -0.1) is 0 Å². The van der Waals surface area contributed by atoms with Crippen molar-refractivity contribution in [2.24, 2.45) is 5.73 Å². The SMILES string of the molecule is C=C(C)CN1C(=O)/C(=C\c2ccc(OCC(N)=O)c(OC)c2)SC1=S. The molecule has 0 aromatic heterocycles. The molecular weight excluding hydrogens is 360 g/mol. The summed E-state index contributed by atoms with van der Waals surface area (Å²) in [5.41, 5.74) is 6.67. The van der Waals surface area contributed by atoms with E-state index >= 15 is 0 Å². The van der Waals surface area contributed by atoms with Crippen molar-refractivity contribution in [1.29, 1.82) is 0 Å². The van der Waals surface area contributed by atoms with Gasteiger partial charge in [0, 0.05) is 6.54 Å². The maximum absolute atomic E-state index is 12.5. The fourth-order valence-electron chi connectivity index (χ4n) is 2.10. The van der Waals surface area contributed by atoms with Gasteiger partial charge in [-0.2, -0.15) is 0 Å². The standard InChI is InChI=1S/C17H18N2O4S2/c1-10(2)8-19-16(21)14(25-17(19)24)7-11-4-5-12(13(6-11)22-3)23-9-15(18)20/h4-7H,1,8-9H2,2-3H3,(H2,18,20)/b14-7+. The van der Waals surface area contributed by atoms with E-state index in [4.69, 9.17) is 27.4 Å². The van der Waals surface area contributed by atoms with Crippen LogP contribution in [0, 0.1) is 0 Å². The molecule has 132 valence electrons. The zero-order valence-electron chi connectivity index (χ0n) is 13.9. The second kappa shape index (κ2) is 8.17. The van der Waals surface area contributed by atoms with E-state index in [1.807, 2.05) is 6.92 Å². The Labute approximate surface area is 155 Å². The van der Waals surface area contributed by atoms with Crippen LogP contribution < -0.4 is 15.2 Å². The Morgan fingerprint density at radius 2 is 2.16 bits per heavy atom. The van der Waals surface area contributed by atoms with Gasteiger partial charge in [0.25, 0.3) is 11.8 Å². The Kier molecular flexibility index (Phi) is 6.22. The van der Waals surface area contributed by atoms with Crippen molar-refractivity contribution in [1.82, 2.24) is 4.90 Å². The van der Waals surface area contributed by atoms with Crippen LogP contribution >= 0.6 is 24.0 Å². The first-order chi connectivity index (χ1) is 11.8. The number of carbonyl (C=O) groups is 2. The van der Waals surface area contributed by atoms with Crippen molar-refractivity contribution in [3.8, 4) is 11.5 Å². The molecule has 0 saturated carbocycles. The maximum Gasteiger partial charge on any atom is 0.266 e. The Balaban J connectivity index is 2.23. The number of benzene rings is 1. The van der Waals surface area contributed by atoms with Crippen LogP contribution in [0.4, 0.5) is 0 Å². The van der Waals surface area contributed by atoms with Crippen LogP contribution in [0.25, 0.3) is 6.08 Å². The van der Waals surface area contributed by atoms with Crippen LogP contribution in [-0.2, 0) is 9.59 Å². The quantitative estimate of drug-likeness (QED) is 0.446. The Bertz CT molecular complexity index is 774. The molecule has 1 fully saturated rings. The van der Waals surface area contributed by atoms with Crippen LogP contribution in [0.3, 0.4) is 0 Å². The van der Waals surface area contributed by atoms with Crippen molar-refractivity contribution in [3.05, 3.63) is 40.8 Å². The minimum Gasteiger partial charge on any atom is -0.493 e. The highest BCUT2D eigenvalue weighted by atomic mass is 32.2. The lowest BCUT2D eigenvalue weighted by Gasteiger charge is -2.13. The highest BCUT2D eigenvalue weighted by Crippen LogP contribution is 2.35. The van der Waals surface area contributed by atoms with Gasteiger partial charge in [0.1, 0.15) is 4.32 Å². The molecular formula is C17H18N2O4S2. The number of ether oxygens (including phenoxy) is 2. The smallest absolute Gasteiger partial charge is 0.266 e. The highest BCUT2D eigenvalue weighted by molar-refractivity contribution is 8.26. The Hall–Kier alpha value is -2.32. The number of methoxy groups -OCH3 is 1. The van der Waals surface area contributed by atoms with E-state index in [-0.39, 0.29) is 12.5 Å². The van der Waals surface area contributed by atoms with E-state index in [2.05, 4.69) is 6.58 Å². The zero-order chi connectivity index (χ0) is 18.6. The number of carbonyl (C=O) groups excluding carboxylic acids is 2. The van der Waals surface area contributed by atoms with Crippen molar-refractivity contribution in [3.63, 3.8) is 0 Å². The molecule has 25 heavy (non-hydrogen) atoms. The molecule has 1 aromatic rings. The number of amides is 2. The molecule has 2 rings (SSSR count). The summed E-state index contributed by atoms with van der Waals surface area (Å²) < 4.78 is 11.0. The molecule has 1 heterocycles. The fraction of sp³-hybridized carbons (Fsp3) is 0.235. The number of hydrogen-bond donors (Lipinski definition) is 1. The maximum atomic E-state index is 12.5. The third-order valence-corrected chi connectivity index (χ3v) is 4.53. The molecule has 0 spiro atoms. The van der Waals surface area contributed by atoms with Crippen LogP contribution in [-0.4, -0.2) is 41.3 Å². The van der Waals surface area contributed by atoms with Gasteiger partial charge in [-0.1, -0.05) is 42.2 Å². The third kappa shape index (κ3) is 4.83. The van der Waals surface area contributed by atoms with Gasteiger partial charge in [0.2, 0.25) is 0 Å². The molecule has 0 atom stereocenters. The van der Waals surface area contributed by atoms with E-state index in [1.54, 1.807) is 24.3 Å². The van der Waals surface area contributed by atoms with E-state index in [0.29, 0.717) is 27.3 Å². The number of thioether (sulfide) groups is 1. The second-order valence-corrected chi connectivity index (χ2v) is 7.07. The van der Waals surface area contributed by atoms with E-state index in [9.17, 15) is 9.59 Å². The molecule has 0 aliphatic carbocycles. The minimum atomic E-state index is -0.577. The summed E-state index contributed by atoms with van der Waals surface area (Å²) >= 11 is 6.50. The Morgan fingerprint density at radius 1 is 1.44 bits per heavy atom. The van der Waals surface area contributed by atoms with Gasteiger partial charge < -0.3 is 15.2 Å². The van der Waals surface area contributed by atoms with Crippen molar-refractivity contribution < 1.29 is 19.1 Å². The van der Waals surface area contributed by atoms with Crippen molar-refractivity contribution in [2.75, 3.05) is 20.3 Å². The highest BCUT2D eigenvalue weighted by Gasteiger charge is 2.31. The average Bonchev–Trinajstić information content (AvgIpc) is 2.80. The van der Waals surface area contributed by atoms with Gasteiger partial charge in [0.05, 0.1) is 12.0 Å². The molecule has 6 nitrogen and oxygen atoms in total. The van der Waals surface area contributed by atoms with Crippen LogP contribution in [0.15, 0.2) is 35.3 Å². The van der Waals surface area contributed by atoms with Gasteiger partial charge in [0.15, 0.2) is 18.1 Å². The summed E-state index contributed by atoms with van der Waals surface area (Å²) in [7, 11) is 1.49. The van der Waals surface area contributed by atoms with E-state index in [0.717, 1.165) is 11.1 Å². The van der Waals surface area contributed by atoms with Gasteiger partial charge in [-0.3, -0.25) is 14.5 Å². The first kappa shape index (κ1) is 19.0. The molecule has 2 N–H and O–H groups in total. The number of nitrogens with two attached hydrogens (primary N) is 1. The average molecular weight is 378 g/mol. The summed E-state index contributed by atoms with van der Waals surface area (Å²) in [5, 5.41) is 0. The first-order valence-electron chi connectivity index (χ1n) is 7.30. The summed E-state index contributed by atoms with van der Waals surface area (Å²) in [6.45, 7) is 5.83. The molecule has 1 saturated heterocycles. The lowest BCUT2D eigenvalue weighted by molar-refractivity contribution is -0.122. The second-order valence-electron chi connectivity index (χ2n) is 5.39. The molecule has 1 aliphatic heterocycles. The Morgan fingerprint density at radius 3 is 2.76 bits per heavy atom. The lowest BCUT2D eigenvalue weighted by Crippen LogP contribution is -2.29. The van der Waals surface area contributed by atoms with Gasteiger partial charge in [-0.05, 0) is 30.7 Å². The molecule has 0 bridgehead atoms. The van der Waals surface area contributed by atoms with Gasteiger partial charge >= 0.3 is 0 Å². The molecule has 2 amide bonds. The molecule has 1 aliphatic rings. The van der Waals surface area contributed by atoms with E-state index in [1.165, 1.54) is 23.8 Å². The number of nitrogens with zero attached hydrogens (tertiary/aromatic N) is 1. The van der Waals surface area contributed by atoms with Crippen molar-refractivity contribution >= 4 is 46.2 Å². The van der Waals surface area contributed by atoms with Crippen LogP contribution in [0.2, 0.25) is 0 Å². The summed E-state index contributed by atoms with van der Waals surface area (Å²) in [5.74, 6) is 0.110. The number of thiocarbonyl (C=S) groups is 1. The number of primary amides is 1. The largest absolute Gasteiger partial charge is 0.493 e. The first-order valence-corrected chi connectivity index (χ1v) is 8.53. The molecule has 1 aromatic carbocycles. The third-order valence-electron chi connectivity index (χ3n) is 3.16. The van der Waals surface area contributed by atoms with Crippen LogP contribution in [0.1, 0.15) is 12.5 Å². The number of hydrogen-bond acceptors (Lipinski definition) is 6. The molecule has 0 radical (unpaired) electrons. The number of rotatable bonds is 7. The molecule has 8 heteroatoms. The zero-order valence-corrected chi connectivity index (χ0v) is 15.5.